The van der Waals surface area contributed by atoms with Gasteiger partial charge in [-0.05, 0) is 39.5 Å². The van der Waals surface area contributed by atoms with Crippen molar-refractivity contribution in [3.8, 4) is 0 Å². The van der Waals surface area contributed by atoms with Gasteiger partial charge < -0.3 is 10.5 Å². The molecule has 0 aromatic heterocycles. The third kappa shape index (κ3) is 4.97. The highest BCUT2D eigenvalue weighted by Crippen LogP contribution is 2.27. The van der Waals surface area contributed by atoms with Crippen LogP contribution in [0.2, 0.25) is 0 Å². The van der Waals surface area contributed by atoms with E-state index in [1.807, 2.05) is 20.8 Å². The van der Waals surface area contributed by atoms with Crippen LogP contribution < -0.4 is 5.73 Å². The molecule has 0 spiro atoms. The van der Waals surface area contributed by atoms with Gasteiger partial charge in [-0.1, -0.05) is 19.3 Å². The van der Waals surface area contributed by atoms with Crippen LogP contribution in [0.1, 0.15) is 59.3 Å². The van der Waals surface area contributed by atoms with Gasteiger partial charge in [-0.15, -0.1) is 0 Å². The van der Waals surface area contributed by atoms with Gasteiger partial charge in [0.15, 0.2) is 0 Å². The molecular weight excluding hydrogens is 202 g/mol. The molecule has 3 heteroatoms. The predicted molar refractivity (Wildman–Crippen MR) is 65.0 cm³/mol. The summed E-state index contributed by atoms with van der Waals surface area (Å²) >= 11 is 0. The average Bonchev–Trinajstić information content (AvgIpc) is 2.16. The summed E-state index contributed by atoms with van der Waals surface area (Å²) < 4.78 is 5.28. The fourth-order valence-corrected chi connectivity index (χ4v) is 2.30. The van der Waals surface area contributed by atoms with Gasteiger partial charge in [0.25, 0.3) is 0 Å². The molecule has 0 aromatic rings. The van der Waals surface area contributed by atoms with Crippen molar-refractivity contribution in [1.82, 2.24) is 0 Å². The molecule has 0 aliphatic heterocycles. The first kappa shape index (κ1) is 13.5. The lowest BCUT2D eigenvalue weighted by atomic mass is 9.83. The Morgan fingerprint density at radius 1 is 1.31 bits per heavy atom. The van der Waals surface area contributed by atoms with Gasteiger partial charge in [0.1, 0.15) is 5.60 Å². The highest BCUT2D eigenvalue weighted by molar-refractivity contribution is 5.70. The Bertz CT molecular complexity index is 227. The molecule has 2 N–H and O–H groups in total. The molecule has 0 saturated heterocycles. The lowest BCUT2D eigenvalue weighted by Gasteiger charge is -2.28. The summed E-state index contributed by atoms with van der Waals surface area (Å²) in [6.45, 7) is 5.66. The molecule has 1 fully saturated rings. The molecule has 3 nitrogen and oxygen atoms in total. The van der Waals surface area contributed by atoms with Crippen LogP contribution in [0.5, 0.6) is 0 Å². The van der Waals surface area contributed by atoms with E-state index in [2.05, 4.69) is 0 Å². The monoisotopic (exact) mass is 227 g/mol. The zero-order valence-corrected chi connectivity index (χ0v) is 10.8. The summed E-state index contributed by atoms with van der Waals surface area (Å²) in [4.78, 5) is 11.6. The van der Waals surface area contributed by atoms with Gasteiger partial charge in [0.05, 0.1) is 6.42 Å². The summed E-state index contributed by atoms with van der Waals surface area (Å²) in [5, 5.41) is 0. The van der Waals surface area contributed by atoms with Crippen LogP contribution in [0, 0.1) is 5.92 Å². The maximum atomic E-state index is 11.6. The Balaban J connectivity index is 2.32. The number of nitrogens with two attached hydrogens (primary N) is 1. The maximum Gasteiger partial charge on any atom is 0.307 e. The van der Waals surface area contributed by atoms with Crippen molar-refractivity contribution in [3.63, 3.8) is 0 Å². The highest BCUT2D eigenvalue weighted by Gasteiger charge is 2.25. The van der Waals surface area contributed by atoms with Crippen LogP contribution in [-0.2, 0) is 9.53 Å². The number of rotatable bonds is 3. The standard InChI is InChI=1S/C13H25NO2/c1-13(2,3)16-12(15)9-11(14)10-7-5-4-6-8-10/h10-11H,4-9,14H2,1-3H3. The lowest BCUT2D eigenvalue weighted by molar-refractivity contribution is -0.155. The molecule has 0 bridgehead atoms. The van der Waals surface area contributed by atoms with Gasteiger partial charge >= 0.3 is 5.97 Å². The Hall–Kier alpha value is -0.570. The first-order valence-corrected chi connectivity index (χ1v) is 6.36. The highest BCUT2D eigenvalue weighted by atomic mass is 16.6. The van der Waals surface area contributed by atoms with E-state index in [1.165, 1.54) is 32.1 Å². The van der Waals surface area contributed by atoms with Gasteiger partial charge in [-0.25, -0.2) is 0 Å². The second-order valence-electron chi connectivity index (χ2n) is 5.85. The topological polar surface area (TPSA) is 52.3 Å². The van der Waals surface area contributed by atoms with Crippen molar-refractivity contribution >= 4 is 5.97 Å². The summed E-state index contributed by atoms with van der Waals surface area (Å²) in [7, 11) is 0. The van der Waals surface area contributed by atoms with Crippen LogP contribution in [0.25, 0.3) is 0 Å². The number of hydrogen-bond donors (Lipinski definition) is 1. The molecule has 0 radical (unpaired) electrons. The number of ether oxygens (including phenoxy) is 1. The molecule has 0 amide bonds. The second kappa shape index (κ2) is 5.67. The maximum absolute atomic E-state index is 11.6. The van der Waals surface area contributed by atoms with Crippen molar-refractivity contribution in [2.75, 3.05) is 0 Å². The summed E-state index contributed by atoms with van der Waals surface area (Å²) in [5.41, 5.74) is 5.67. The molecule has 16 heavy (non-hydrogen) atoms. The fraction of sp³-hybridized carbons (Fsp3) is 0.923. The van der Waals surface area contributed by atoms with E-state index in [0.29, 0.717) is 12.3 Å². The number of esters is 1. The van der Waals surface area contributed by atoms with Crippen molar-refractivity contribution in [1.29, 1.82) is 0 Å². The fourth-order valence-electron chi connectivity index (χ4n) is 2.30. The van der Waals surface area contributed by atoms with Crippen molar-refractivity contribution in [2.45, 2.75) is 70.9 Å². The largest absolute Gasteiger partial charge is 0.460 e. The molecule has 0 aromatic carbocycles. The first-order valence-electron chi connectivity index (χ1n) is 6.36. The van der Waals surface area contributed by atoms with Crippen LogP contribution in [-0.4, -0.2) is 17.6 Å². The molecule has 1 rings (SSSR count). The minimum atomic E-state index is -0.399. The third-order valence-corrected chi connectivity index (χ3v) is 3.08. The van der Waals surface area contributed by atoms with E-state index in [0.717, 1.165) is 0 Å². The quantitative estimate of drug-likeness (QED) is 0.754. The summed E-state index contributed by atoms with van der Waals surface area (Å²) in [6, 6.07) is -0.0184. The number of carbonyl (C=O) groups excluding carboxylic acids is 1. The minimum Gasteiger partial charge on any atom is -0.460 e. The molecule has 1 atom stereocenters. The Labute approximate surface area is 98.7 Å². The SMILES string of the molecule is CC(C)(C)OC(=O)CC(N)C1CCCCC1. The third-order valence-electron chi connectivity index (χ3n) is 3.08. The van der Waals surface area contributed by atoms with Gasteiger partial charge in [0, 0.05) is 6.04 Å². The average molecular weight is 227 g/mol. The molecule has 0 heterocycles. The first-order chi connectivity index (χ1) is 7.38. The minimum absolute atomic E-state index is 0.0184. The van der Waals surface area contributed by atoms with Gasteiger partial charge in [0.2, 0.25) is 0 Å². The molecule has 1 aliphatic carbocycles. The van der Waals surface area contributed by atoms with Crippen molar-refractivity contribution < 1.29 is 9.53 Å². The Morgan fingerprint density at radius 3 is 2.38 bits per heavy atom. The predicted octanol–water partition coefficient (Wildman–Crippen LogP) is 2.63. The molecule has 1 saturated carbocycles. The zero-order chi connectivity index (χ0) is 12.2. The van der Waals surface area contributed by atoms with Crippen molar-refractivity contribution in [3.05, 3.63) is 0 Å². The summed E-state index contributed by atoms with van der Waals surface area (Å²) in [6.07, 6.45) is 6.53. The van der Waals surface area contributed by atoms with E-state index in [1.54, 1.807) is 0 Å². The van der Waals surface area contributed by atoms with Crippen LogP contribution >= 0.6 is 0 Å². The molecule has 94 valence electrons. The molecular formula is C13H25NO2. The van der Waals surface area contributed by atoms with Gasteiger partial charge in [-0.2, -0.15) is 0 Å². The van der Waals surface area contributed by atoms with E-state index < -0.39 is 5.60 Å². The zero-order valence-electron chi connectivity index (χ0n) is 10.8. The summed E-state index contributed by atoms with van der Waals surface area (Å²) in [5.74, 6) is 0.354. The van der Waals surface area contributed by atoms with E-state index >= 15 is 0 Å². The van der Waals surface area contributed by atoms with Crippen LogP contribution in [0.3, 0.4) is 0 Å². The smallest absolute Gasteiger partial charge is 0.307 e. The molecule has 1 aliphatic rings. The van der Waals surface area contributed by atoms with Crippen LogP contribution in [0.15, 0.2) is 0 Å². The normalized spacial score (nSPS) is 20.5. The Kier molecular flexibility index (Phi) is 4.78. The molecule has 1 unspecified atom stereocenters. The Morgan fingerprint density at radius 2 is 1.88 bits per heavy atom. The second-order valence-corrected chi connectivity index (χ2v) is 5.85. The van der Waals surface area contributed by atoms with Crippen LogP contribution in [0.4, 0.5) is 0 Å². The van der Waals surface area contributed by atoms with Gasteiger partial charge in [-0.3, -0.25) is 4.79 Å². The van der Waals surface area contributed by atoms with E-state index in [9.17, 15) is 4.79 Å². The number of carbonyl (C=O) groups is 1. The number of hydrogen-bond acceptors (Lipinski definition) is 3. The van der Waals surface area contributed by atoms with E-state index in [4.69, 9.17) is 10.5 Å². The van der Waals surface area contributed by atoms with E-state index in [-0.39, 0.29) is 12.0 Å². The lowest BCUT2D eigenvalue weighted by Crippen LogP contribution is -2.36. The van der Waals surface area contributed by atoms with Crippen molar-refractivity contribution in [2.24, 2.45) is 11.7 Å².